The lowest BCUT2D eigenvalue weighted by Crippen LogP contribution is -2.06. The largest absolute Gasteiger partial charge is 0.416 e. The Balaban J connectivity index is 2.08. The van der Waals surface area contributed by atoms with Crippen molar-refractivity contribution in [3.63, 3.8) is 0 Å². The van der Waals surface area contributed by atoms with Crippen LogP contribution in [0.2, 0.25) is 0 Å². The van der Waals surface area contributed by atoms with Crippen LogP contribution in [0.4, 0.5) is 23.2 Å². The van der Waals surface area contributed by atoms with Crippen LogP contribution in [0.5, 0.6) is 0 Å². The number of nitrogens with one attached hydrogen (secondary N) is 1. The van der Waals surface area contributed by atoms with Crippen molar-refractivity contribution in [1.82, 2.24) is 0 Å². The minimum atomic E-state index is -4.34. The van der Waals surface area contributed by atoms with Gasteiger partial charge in [0.2, 0.25) is 0 Å². The molecule has 0 heterocycles. The van der Waals surface area contributed by atoms with Crippen LogP contribution in [-0.4, -0.2) is 0 Å². The van der Waals surface area contributed by atoms with Gasteiger partial charge >= 0.3 is 6.18 Å². The van der Waals surface area contributed by atoms with Crippen LogP contribution >= 0.6 is 15.9 Å². The molecular formula is C15H12BrF4N. The van der Waals surface area contributed by atoms with E-state index in [1.807, 2.05) is 6.92 Å². The molecule has 2 rings (SSSR count). The Labute approximate surface area is 128 Å². The Morgan fingerprint density at radius 2 is 1.71 bits per heavy atom. The van der Waals surface area contributed by atoms with Crippen molar-refractivity contribution in [3.05, 3.63) is 63.4 Å². The lowest BCUT2D eigenvalue weighted by atomic mass is 10.1. The van der Waals surface area contributed by atoms with Crippen molar-refractivity contribution in [2.75, 3.05) is 5.32 Å². The zero-order valence-corrected chi connectivity index (χ0v) is 12.6. The second-order valence-electron chi connectivity index (χ2n) is 4.63. The molecule has 0 fully saturated rings. The molecule has 0 aliphatic heterocycles. The third kappa shape index (κ3) is 3.97. The fraction of sp³-hybridized carbons (Fsp3) is 0.200. The highest BCUT2D eigenvalue weighted by atomic mass is 79.9. The lowest BCUT2D eigenvalue weighted by Gasteiger charge is -2.12. The van der Waals surface area contributed by atoms with Crippen LogP contribution in [0.1, 0.15) is 16.7 Å². The highest BCUT2D eigenvalue weighted by Crippen LogP contribution is 2.29. The van der Waals surface area contributed by atoms with Gasteiger partial charge in [-0.3, -0.25) is 0 Å². The monoisotopic (exact) mass is 361 g/mol. The van der Waals surface area contributed by atoms with Crippen molar-refractivity contribution >= 4 is 21.6 Å². The van der Waals surface area contributed by atoms with E-state index in [-0.39, 0.29) is 0 Å². The molecule has 0 saturated carbocycles. The van der Waals surface area contributed by atoms with Gasteiger partial charge in [0.25, 0.3) is 0 Å². The third-order valence-electron chi connectivity index (χ3n) is 3.03. The molecule has 0 amide bonds. The summed E-state index contributed by atoms with van der Waals surface area (Å²) in [5.41, 5.74) is 1.45. The Morgan fingerprint density at radius 3 is 2.29 bits per heavy atom. The first-order valence-corrected chi connectivity index (χ1v) is 6.92. The molecule has 0 saturated heterocycles. The SMILES string of the molecule is Cc1cc(Br)c(F)cc1NCc1ccc(C(F)(F)F)cc1. The topological polar surface area (TPSA) is 12.0 Å². The number of benzene rings is 2. The van der Waals surface area contributed by atoms with E-state index in [9.17, 15) is 17.6 Å². The maximum absolute atomic E-state index is 13.5. The predicted octanol–water partition coefficient (Wildman–Crippen LogP) is 5.53. The van der Waals surface area contributed by atoms with E-state index in [1.165, 1.54) is 18.2 Å². The first kappa shape index (κ1) is 15.8. The van der Waals surface area contributed by atoms with Crippen LogP contribution in [0.15, 0.2) is 40.9 Å². The number of aryl methyl sites for hydroxylation is 1. The zero-order chi connectivity index (χ0) is 15.6. The molecule has 1 nitrogen and oxygen atoms in total. The highest BCUT2D eigenvalue weighted by Gasteiger charge is 2.29. The second-order valence-corrected chi connectivity index (χ2v) is 5.48. The van der Waals surface area contributed by atoms with Gasteiger partial charge in [0.15, 0.2) is 0 Å². The molecule has 0 aromatic heterocycles. The van der Waals surface area contributed by atoms with Crippen molar-refractivity contribution in [3.8, 4) is 0 Å². The van der Waals surface area contributed by atoms with E-state index in [1.54, 1.807) is 6.07 Å². The zero-order valence-electron chi connectivity index (χ0n) is 11.1. The van der Waals surface area contributed by atoms with Gasteiger partial charge < -0.3 is 5.32 Å². The second kappa shape index (κ2) is 6.05. The molecule has 6 heteroatoms. The average molecular weight is 362 g/mol. The van der Waals surface area contributed by atoms with Gasteiger partial charge in [-0.25, -0.2) is 4.39 Å². The number of hydrogen-bond donors (Lipinski definition) is 1. The maximum Gasteiger partial charge on any atom is 0.416 e. The van der Waals surface area contributed by atoms with E-state index in [2.05, 4.69) is 21.2 Å². The summed E-state index contributed by atoms with van der Waals surface area (Å²) in [7, 11) is 0. The van der Waals surface area contributed by atoms with Gasteiger partial charge in [0.1, 0.15) is 5.82 Å². The summed E-state index contributed by atoms with van der Waals surface area (Å²) in [6.07, 6.45) is -4.34. The molecule has 0 unspecified atom stereocenters. The molecule has 0 atom stereocenters. The standard InChI is InChI=1S/C15H12BrF4N/c1-9-6-12(16)13(17)7-14(9)21-8-10-2-4-11(5-3-10)15(18,19)20/h2-7,21H,8H2,1H3. The summed E-state index contributed by atoms with van der Waals surface area (Å²) in [5, 5.41) is 3.01. The summed E-state index contributed by atoms with van der Waals surface area (Å²) < 4.78 is 51.2. The predicted molar refractivity (Wildman–Crippen MR) is 77.6 cm³/mol. The lowest BCUT2D eigenvalue weighted by molar-refractivity contribution is -0.137. The fourth-order valence-corrected chi connectivity index (χ4v) is 2.30. The Bertz CT molecular complexity index is 635. The maximum atomic E-state index is 13.5. The van der Waals surface area contributed by atoms with Crippen LogP contribution in [0, 0.1) is 12.7 Å². The molecule has 0 bridgehead atoms. The van der Waals surface area contributed by atoms with Gasteiger partial charge in [0.05, 0.1) is 10.0 Å². The van der Waals surface area contributed by atoms with Crippen LogP contribution in [0.3, 0.4) is 0 Å². The normalized spacial score (nSPS) is 11.5. The van der Waals surface area contributed by atoms with Crippen molar-refractivity contribution in [2.24, 2.45) is 0 Å². The van der Waals surface area contributed by atoms with E-state index in [0.29, 0.717) is 22.3 Å². The molecule has 2 aromatic rings. The molecular weight excluding hydrogens is 350 g/mol. The number of alkyl halides is 3. The smallest absolute Gasteiger partial charge is 0.381 e. The fourth-order valence-electron chi connectivity index (χ4n) is 1.85. The third-order valence-corrected chi connectivity index (χ3v) is 3.64. The molecule has 0 spiro atoms. The van der Waals surface area contributed by atoms with E-state index >= 15 is 0 Å². The number of rotatable bonds is 3. The Kier molecular flexibility index (Phi) is 4.56. The van der Waals surface area contributed by atoms with Crippen LogP contribution < -0.4 is 5.32 Å². The minimum Gasteiger partial charge on any atom is -0.381 e. The number of hydrogen-bond acceptors (Lipinski definition) is 1. The molecule has 0 aliphatic rings. The number of halogens is 5. The molecule has 0 radical (unpaired) electrons. The molecule has 1 N–H and O–H groups in total. The minimum absolute atomic E-state index is 0.319. The molecule has 2 aromatic carbocycles. The summed E-state index contributed by atoms with van der Waals surface area (Å²) in [5.74, 6) is -0.393. The van der Waals surface area contributed by atoms with Crippen LogP contribution in [0.25, 0.3) is 0 Å². The van der Waals surface area contributed by atoms with Crippen LogP contribution in [-0.2, 0) is 12.7 Å². The van der Waals surface area contributed by atoms with E-state index in [4.69, 9.17) is 0 Å². The quantitative estimate of drug-likeness (QED) is 0.709. The summed E-state index contributed by atoms with van der Waals surface area (Å²) in [4.78, 5) is 0. The van der Waals surface area contributed by atoms with Gasteiger partial charge in [-0.15, -0.1) is 0 Å². The summed E-state index contributed by atoms with van der Waals surface area (Å²) in [6, 6.07) is 7.87. The van der Waals surface area contributed by atoms with Gasteiger partial charge in [0, 0.05) is 12.2 Å². The van der Waals surface area contributed by atoms with Crippen molar-refractivity contribution < 1.29 is 17.6 Å². The van der Waals surface area contributed by atoms with Gasteiger partial charge in [-0.05, 0) is 58.2 Å². The van der Waals surface area contributed by atoms with Gasteiger partial charge in [-0.1, -0.05) is 12.1 Å². The van der Waals surface area contributed by atoms with E-state index < -0.39 is 17.6 Å². The van der Waals surface area contributed by atoms with Crippen molar-refractivity contribution in [2.45, 2.75) is 19.6 Å². The molecule has 21 heavy (non-hydrogen) atoms. The Morgan fingerprint density at radius 1 is 1.10 bits per heavy atom. The first-order chi connectivity index (χ1) is 9.77. The first-order valence-electron chi connectivity index (χ1n) is 6.13. The summed E-state index contributed by atoms with van der Waals surface area (Å²) in [6.45, 7) is 2.14. The Hall–Kier alpha value is -1.56. The summed E-state index contributed by atoms with van der Waals surface area (Å²) >= 11 is 3.09. The molecule has 0 aliphatic carbocycles. The van der Waals surface area contributed by atoms with Crippen molar-refractivity contribution in [1.29, 1.82) is 0 Å². The molecule has 112 valence electrons. The van der Waals surface area contributed by atoms with Gasteiger partial charge in [-0.2, -0.15) is 13.2 Å². The number of anilines is 1. The highest BCUT2D eigenvalue weighted by molar-refractivity contribution is 9.10. The average Bonchev–Trinajstić information content (AvgIpc) is 2.41. The van der Waals surface area contributed by atoms with E-state index in [0.717, 1.165) is 17.7 Å².